The van der Waals surface area contributed by atoms with Crippen molar-refractivity contribution in [2.45, 2.75) is 46.7 Å². The minimum absolute atomic E-state index is 0.0750. The lowest BCUT2D eigenvalue weighted by Crippen LogP contribution is -2.55. The number of nitrogens with zero attached hydrogens (tertiary/aromatic N) is 1. The van der Waals surface area contributed by atoms with Crippen molar-refractivity contribution in [3.8, 4) is 0 Å². The molecular formula is C17H27N3O. The first-order chi connectivity index (χ1) is 9.86. The minimum atomic E-state index is 0.0750. The van der Waals surface area contributed by atoms with Crippen LogP contribution < -0.4 is 10.6 Å². The normalized spacial score (nSPS) is 23.1. The summed E-state index contributed by atoms with van der Waals surface area (Å²) in [5.74, 6) is 0.0750. The Morgan fingerprint density at radius 2 is 1.90 bits per heavy atom. The summed E-state index contributed by atoms with van der Waals surface area (Å²) in [7, 11) is 0. The van der Waals surface area contributed by atoms with E-state index in [0.29, 0.717) is 18.6 Å². The fourth-order valence-electron chi connectivity index (χ4n) is 3.06. The second kappa shape index (κ2) is 6.58. The summed E-state index contributed by atoms with van der Waals surface area (Å²) in [5.41, 5.74) is 4.44. The standard InChI is InChI=1S/C17H27N3O/c1-11-6-12(2)17(13(3)7-11)19-16(21)10-20-9-14(4)18-8-15(20)5/h6-7,14-15,18H,8-10H2,1-5H3,(H,19,21). The van der Waals surface area contributed by atoms with Gasteiger partial charge in [0, 0.05) is 30.9 Å². The molecule has 0 aliphatic carbocycles. The van der Waals surface area contributed by atoms with E-state index in [1.54, 1.807) is 0 Å². The number of piperazine rings is 1. The summed E-state index contributed by atoms with van der Waals surface area (Å²) in [4.78, 5) is 14.6. The van der Waals surface area contributed by atoms with E-state index in [9.17, 15) is 4.79 Å². The molecule has 0 spiro atoms. The molecule has 0 bridgehead atoms. The van der Waals surface area contributed by atoms with E-state index < -0.39 is 0 Å². The maximum absolute atomic E-state index is 12.3. The molecule has 1 aliphatic rings. The van der Waals surface area contributed by atoms with E-state index in [1.165, 1.54) is 5.56 Å². The summed E-state index contributed by atoms with van der Waals surface area (Å²) >= 11 is 0. The molecule has 1 saturated heterocycles. The lowest BCUT2D eigenvalue weighted by Gasteiger charge is -2.37. The zero-order chi connectivity index (χ0) is 15.6. The number of carbonyl (C=O) groups is 1. The fourth-order valence-corrected chi connectivity index (χ4v) is 3.06. The van der Waals surface area contributed by atoms with Gasteiger partial charge in [0.15, 0.2) is 0 Å². The SMILES string of the molecule is Cc1cc(C)c(NC(=O)CN2CC(C)NCC2C)c(C)c1. The van der Waals surface area contributed by atoms with Gasteiger partial charge in [0.05, 0.1) is 6.54 Å². The zero-order valence-corrected chi connectivity index (χ0v) is 13.8. The first-order valence-electron chi connectivity index (χ1n) is 7.72. The molecule has 1 aliphatic heterocycles. The van der Waals surface area contributed by atoms with Crippen LogP contribution in [0.1, 0.15) is 30.5 Å². The average molecular weight is 289 g/mol. The Morgan fingerprint density at radius 1 is 1.29 bits per heavy atom. The second-order valence-electron chi connectivity index (χ2n) is 6.41. The van der Waals surface area contributed by atoms with Crippen LogP contribution in [0, 0.1) is 20.8 Å². The topological polar surface area (TPSA) is 44.4 Å². The smallest absolute Gasteiger partial charge is 0.238 e. The second-order valence-corrected chi connectivity index (χ2v) is 6.41. The molecule has 0 saturated carbocycles. The molecule has 21 heavy (non-hydrogen) atoms. The predicted octanol–water partition coefficient (Wildman–Crippen LogP) is 2.23. The summed E-state index contributed by atoms with van der Waals surface area (Å²) in [6, 6.07) is 5.06. The van der Waals surface area contributed by atoms with Gasteiger partial charge in [-0.2, -0.15) is 0 Å². The van der Waals surface area contributed by atoms with Crippen molar-refractivity contribution in [2.75, 3.05) is 25.0 Å². The Kier molecular flexibility index (Phi) is 5.01. The Labute approximate surface area is 127 Å². The van der Waals surface area contributed by atoms with Crippen LogP contribution in [-0.4, -0.2) is 42.5 Å². The Hall–Kier alpha value is -1.39. The van der Waals surface area contributed by atoms with Crippen molar-refractivity contribution in [2.24, 2.45) is 0 Å². The number of hydrogen-bond donors (Lipinski definition) is 2. The van der Waals surface area contributed by atoms with E-state index in [1.807, 2.05) is 13.8 Å². The van der Waals surface area contributed by atoms with Gasteiger partial charge < -0.3 is 10.6 Å². The minimum Gasteiger partial charge on any atom is -0.324 e. The monoisotopic (exact) mass is 289 g/mol. The molecule has 1 aromatic rings. The molecule has 2 rings (SSSR count). The molecule has 2 atom stereocenters. The first-order valence-corrected chi connectivity index (χ1v) is 7.72. The highest BCUT2D eigenvalue weighted by atomic mass is 16.2. The number of nitrogens with one attached hydrogen (secondary N) is 2. The molecule has 2 N–H and O–H groups in total. The molecule has 4 nitrogen and oxygen atoms in total. The molecule has 2 unspecified atom stereocenters. The Bertz CT molecular complexity index is 504. The highest BCUT2D eigenvalue weighted by Crippen LogP contribution is 2.22. The van der Waals surface area contributed by atoms with Crippen molar-refractivity contribution >= 4 is 11.6 Å². The zero-order valence-electron chi connectivity index (χ0n) is 13.8. The number of benzene rings is 1. The van der Waals surface area contributed by atoms with Crippen molar-refractivity contribution < 1.29 is 4.79 Å². The molecule has 1 fully saturated rings. The van der Waals surface area contributed by atoms with Gasteiger partial charge >= 0.3 is 0 Å². The number of amides is 1. The molecule has 1 amide bonds. The third-order valence-corrected chi connectivity index (χ3v) is 4.18. The number of aryl methyl sites for hydroxylation is 3. The van der Waals surface area contributed by atoms with Crippen LogP contribution in [0.15, 0.2) is 12.1 Å². The molecule has 1 aromatic carbocycles. The highest BCUT2D eigenvalue weighted by Gasteiger charge is 2.24. The van der Waals surface area contributed by atoms with Crippen LogP contribution in [0.2, 0.25) is 0 Å². The summed E-state index contributed by atoms with van der Waals surface area (Å²) < 4.78 is 0. The molecule has 0 radical (unpaired) electrons. The van der Waals surface area contributed by atoms with E-state index in [4.69, 9.17) is 0 Å². The van der Waals surface area contributed by atoms with Crippen molar-refractivity contribution in [1.82, 2.24) is 10.2 Å². The van der Waals surface area contributed by atoms with E-state index in [2.05, 4.69) is 48.4 Å². The van der Waals surface area contributed by atoms with E-state index >= 15 is 0 Å². The molecule has 0 aromatic heterocycles. The predicted molar refractivity (Wildman–Crippen MR) is 87.8 cm³/mol. The summed E-state index contributed by atoms with van der Waals surface area (Å²) in [6.07, 6.45) is 0. The van der Waals surface area contributed by atoms with Crippen molar-refractivity contribution in [3.05, 3.63) is 28.8 Å². The van der Waals surface area contributed by atoms with Gasteiger partial charge in [0.2, 0.25) is 5.91 Å². The number of anilines is 1. The van der Waals surface area contributed by atoms with Gasteiger partial charge in [-0.3, -0.25) is 9.69 Å². The van der Waals surface area contributed by atoms with Crippen LogP contribution in [-0.2, 0) is 4.79 Å². The highest BCUT2D eigenvalue weighted by molar-refractivity contribution is 5.93. The van der Waals surface area contributed by atoms with Gasteiger partial charge in [-0.25, -0.2) is 0 Å². The van der Waals surface area contributed by atoms with Crippen molar-refractivity contribution in [3.63, 3.8) is 0 Å². The lowest BCUT2D eigenvalue weighted by molar-refractivity contribution is -0.118. The van der Waals surface area contributed by atoms with Crippen LogP contribution in [0.4, 0.5) is 5.69 Å². The number of hydrogen-bond acceptors (Lipinski definition) is 3. The van der Waals surface area contributed by atoms with Crippen LogP contribution in [0.3, 0.4) is 0 Å². The average Bonchev–Trinajstić information content (AvgIpc) is 2.38. The van der Waals surface area contributed by atoms with Crippen LogP contribution >= 0.6 is 0 Å². The largest absolute Gasteiger partial charge is 0.324 e. The fraction of sp³-hybridized carbons (Fsp3) is 0.588. The molecule has 1 heterocycles. The van der Waals surface area contributed by atoms with Gasteiger partial charge in [-0.1, -0.05) is 17.7 Å². The van der Waals surface area contributed by atoms with Crippen LogP contribution in [0.5, 0.6) is 0 Å². The van der Waals surface area contributed by atoms with Gasteiger partial charge in [-0.15, -0.1) is 0 Å². The maximum atomic E-state index is 12.3. The van der Waals surface area contributed by atoms with Crippen molar-refractivity contribution in [1.29, 1.82) is 0 Å². The summed E-state index contributed by atoms with van der Waals surface area (Å²) in [6.45, 7) is 12.8. The van der Waals surface area contributed by atoms with Crippen LogP contribution in [0.25, 0.3) is 0 Å². The van der Waals surface area contributed by atoms with Gasteiger partial charge in [0.25, 0.3) is 0 Å². The lowest BCUT2D eigenvalue weighted by atomic mass is 10.0. The summed E-state index contributed by atoms with van der Waals surface area (Å²) in [5, 5.41) is 6.52. The van der Waals surface area contributed by atoms with Gasteiger partial charge in [-0.05, 0) is 45.7 Å². The Balaban J connectivity index is 2.02. The molecular weight excluding hydrogens is 262 g/mol. The molecule has 116 valence electrons. The third-order valence-electron chi connectivity index (χ3n) is 4.18. The maximum Gasteiger partial charge on any atom is 0.238 e. The molecule has 4 heteroatoms. The number of carbonyl (C=O) groups excluding carboxylic acids is 1. The van der Waals surface area contributed by atoms with E-state index in [-0.39, 0.29) is 5.91 Å². The number of rotatable bonds is 3. The quantitative estimate of drug-likeness (QED) is 0.897. The van der Waals surface area contributed by atoms with E-state index in [0.717, 1.165) is 29.9 Å². The Morgan fingerprint density at radius 3 is 2.52 bits per heavy atom. The first kappa shape index (κ1) is 16.0. The third kappa shape index (κ3) is 4.05. The van der Waals surface area contributed by atoms with Gasteiger partial charge in [0.1, 0.15) is 0 Å².